The molecule has 3 saturated heterocycles. The third-order valence-electron chi connectivity index (χ3n) is 5.93. The molecule has 1 aromatic heterocycles. The van der Waals surface area contributed by atoms with Crippen LogP contribution in [0.5, 0.6) is 0 Å². The monoisotopic (exact) mass is 362 g/mol. The molecule has 3 fully saturated rings. The maximum absolute atomic E-state index is 11.6. The number of piperidine rings is 3. The molecule has 6 nitrogen and oxygen atoms in total. The molecule has 0 unspecified atom stereocenters. The standard InChI is InChI=1S/C20H28N4O2.Li/c1-13(2)19-22-16-5-3-4-15(20(25)26)18(16)24(19)11-8-21-17-12-23-9-6-14(17)7-10-23;/h3-5,13-14,17,21H,6-12H2,1-2H3,(H,25,26);/q;+1/p-1/t17-;/m0./s1. The van der Waals surface area contributed by atoms with Gasteiger partial charge in [-0.15, -0.1) is 0 Å². The van der Waals surface area contributed by atoms with Crippen LogP contribution in [0.4, 0.5) is 0 Å². The van der Waals surface area contributed by atoms with E-state index in [1.54, 1.807) is 12.1 Å². The molecule has 2 aromatic rings. The van der Waals surface area contributed by atoms with Gasteiger partial charge in [-0.1, -0.05) is 26.0 Å². The van der Waals surface area contributed by atoms with E-state index in [-0.39, 0.29) is 30.3 Å². The van der Waals surface area contributed by atoms with Gasteiger partial charge in [0, 0.05) is 37.2 Å². The zero-order valence-electron chi connectivity index (χ0n) is 16.6. The molecule has 0 radical (unpaired) electrons. The summed E-state index contributed by atoms with van der Waals surface area (Å²) >= 11 is 0. The molecule has 0 amide bonds. The molecular weight excluding hydrogens is 335 g/mol. The first-order valence-electron chi connectivity index (χ1n) is 9.71. The topological polar surface area (TPSA) is 73.2 Å². The van der Waals surface area contributed by atoms with E-state index in [2.05, 4.69) is 28.6 Å². The van der Waals surface area contributed by atoms with E-state index in [0.717, 1.165) is 36.9 Å². The smallest absolute Gasteiger partial charge is 0.545 e. The first kappa shape index (κ1) is 20.4. The largest absolute Gasteiger partial charge is 1.00 e. The molecule has 0 spiro atoms. The second-order valence-corrected chi connectivity index (χ2v) is 7.94. The number of carbonyl (C=O) groups excluding carboxylic acids is 1. The maximum Gasteiger partial charge on any atom is 1.00 e. The van der Waals surface area contributed by atoms with Crippen molar-refractivity contribution in [3.05, 3.63) is 29.6 Å². The number of aromatic nitrogens is 2. The zero-order valence-corrected chi connectivity index (χ0v) is 16.6. The van der Waals surface area contributed by atoms with Crippen LogP contribution in [-0.2, 0) is 6.54 Å². The van der Waals surface area contributed by atoms with Crippen LogP contribution < -0.4 is 29.3 Å². The van der Waals surface area contributed by atoms with Gasteiger partial charge in [0.05, 0.1) is 17.0 Å². The summed E-state index contributed by atoms with van der Waals surface area (Å²) in [5.74, 6) is 0.804. The predicted octanol–water partition coefficient (Wildman–Crippen LogP) is -1.79. The minimum atomic E-state index is -1.14. The van der Waals surface area contributed by atoms with E-state index >= 15 is 0 Å². The van der Waals surface area contributed by atoms with Gasteiger partial charge < -0.3 is 24.7 Å². The number of carboxylic acids is 1. The van der Waals surface area contributed by atoms with E-state index < -0.39 is 5.97 Å². The number of nitrogens with one attached hydrogen (secondary N) is 1. The molecule has 1 aromatic carbocycles. The Bertz CT molecular complexity index is 812. The minimum Gasteiger partial charge on any atom is -0.545 e. The number of rotatable bonds is 6. The first-order chi connectivity index (χ1) is 12.5. The Morgan fingerprint density at radius 1 is 1.33 bits per heavy atom. The summed E-state index contributed by atoms with van der Waals surface area (Å²) < 4.78 is 2.07. The Morgan fingerprint density at radius 3 is 2.67 bits per heavy atom. The Labute approximate surface area is 172 Å². The van der Waals surface area contributed by atoms with Crippen molar-refractivity contribution < 1.29 is 28.8 Å². The molecule has 0 saturated carbocycles. The second-order valence-electron chi connectivity index (χ2n) is 7.94. The number of benzene rings is 1. The zero-order chi connectivity index (χ0) is 18.3. The van der Waals surface area contributed by atoms with Crippen molar-refractivity contribution in [2.45, 2.75) is 45.2 Å². The Kier molecular flexibility index (Phi) is 6.32. The van der Waals surface area contributed by atoms with Gasteiger partial charge >= 0.3 is 18.9 Å². The number of carbonyl (C=O) groups is 1. The van der Waals surface area contributed by atoms with Gasteiger partial charge in [0.1, 0.15) is 5.82 Å². The quantitative estimate of drug-likeness (QED) is 0.615. The van der Waals surface area contributed by atoms with Crippen LogP contribution in [0.25, 0.3) is 11.0 Å². The van der Waals surface area contributed by atoms with Crippen molar-refractivity contribution in [3.63, 3.8) is 0 Å². The number of hydrogen-bond donors (Lipinski definition) is 1. The first-order valence-corrected chi connectivity index (χ1v) is 9.71. The molecule has 1 atom stereocenters. The maximum atomic E-state index is 11.6. The Balaban J connectivity index is 0.00000210. The second kappa shape index (κ2) is 8.36. The van der Waals surface area contributed by atoms with E-state index in [4.69, 9.17) is 4.98 Å². The summed E-state index contributed by atoms with van der Waals surface area (Å²) in [5.41, 5.74) is 1.65. The number of fused-ring (bicyclic) bond motifs is 4. The van der Waals surface area contributed by atoms with Gasteiger partial charge in [-0.3, -0.25) is 0 Å². The van der Waals surface area contributed by atoms with E-state index in [1.807, 2.05) is 6.07 Å². The van der Waals surface area contributed by atoms with Crippen molar-refractivity contribution in [1.82, 2.24) is 19.8 Å². The average molecular weight is 362 g/mol. The van der Waals surface area contributed by atoms with Crippen LogP contribution in [0.3, 0.4) is 0 Å². The Morgan fingerprint density at radius 2 is 2.07 bits per heavy atom. The van der Waals surface area contributed by atoms with E-state index in [1.165, 1.54) is 25.9 Å². The normalized spacial score (nSPS) is 24.3. The summed E-state index contributed by atoms with van der Waals surface area (Å²) in [7, 11) is 0. The van der Waals surface area contributed by atoms with Crippen LogP contribution in [0, 0.1) is 5.92 Å². The molecule has 1 N–H and O–H groups in total. The van der Waals surface area contributed by atoms with E-state index in [9.17, 15) is 9.90 Å². The minimum absolute atomic E-state index is 0. The molecule has 7 heteroatoms. The van der Waals surface area contributed by atoms with Crippen molar-refractivity contribution in [3.8, 4) is 0 Å². The summed E-state index contributed by atoms with van der Waals surface area (Å²) in [4.78, 5) is 18.8. The molecule has 4 heterocycles. The van der Waals surface area contributed by atoms with Crippen molar-refractivity contribution in [1.29, 1.82) is 0 Å². The van der Waals surface area contributed by atoms with Gasteiger partial charge in [-0.05, 0) is 37.9 Å². The van der Waals surface area contributed by atoms with Crippen LogP contribution in [0.1, 0.15) is 48.8 Å². The van der Waals surface area contributed by atoms with Gasteiger partial charge in [0.25, 0.3) is 0 Å². The molecule has 27 heavy (non-hydrogen) atoms. The van der Waals surface area contributed by atoms with Crippen molar-refractivity contribution >= 4 is 17.0 Å². The van der Waals surface area contributed by atoms with Gasteiger partial charge in [-0.25, -0.2) is 4.98 Å². The van der Waals surface area contributed by atoms with E-state index in [0.29, 0.717) is 11.6 Å². The van der Waals surface area contributed by atoms with Crippen LogP contribution in [0.2, 0.25) is 0 Å². The summed E-state index contributed by atoms with van der Waals surface area (Å²) in [5, 5.41) is 15.3. The number of hydrogen-bond acceptors (Lipinski definition) is 5. The molecule has 0 aliphatic carbocycles. The predicted molar refractivity (Wildman–Crippen MR) is 99.1 cm³/mol. The molecule has 3 aliphatic heterocycles. The van der Waals surface area contributed by atoms with Gasteiger partial charge in [0.15, 0.2) is 0 Å². The third kappa shape index (κ3) is 3.95. The van der Waals surface area contributed by atoms with Crippen LogP contribution >= 0.6 is 0 Å². The molecular formula is C20H27LiN4O2. The number of aromatic carboxylic acids is 1. The van der Waals surface area contributed by atoms with Gasteiger partial charge in [-0.2, -0.15) is 0 Å². The number of nitrogens with zero attached hydrogens (tertiary/aromatic N) is 3. The summed E-state index contributed by atoms with van der Waals surface area (Å²) in [6.07, 6.45) is 2.58. The van der Waals surface area contributed by atoms with Crippen LogP contribution in [-0.4, -0.2) is 52.6 Å². The van der Waals surface area contributed by atoms with Crippen molar-refractivity contribution in [2.75, 3.05) is 26.2 Å². The third-order valence-corrected chi connectivity index (χ3v) is 5.93. The fourth-order valence-corrected chi connectivity index (χ4v) is 4.59. The SMILES string of the molecule is CC(C)c1nc2cccc(C(=O)[O-])c2n1CCN[C@H]1CN2CCC1CC2.[Li+]. The number of para-hydroxylation sites is 1. The number of imidazole rings is 1. The number of carboxylic acid groups (broad SMARTS) is 1. The fraction of sp³-hybridized carbons (Fsp3) is 0.600. The van der Waals surface area contributed by atoms with Crippen molar-refractivity contribution in [2.24, 2.45) is 5.92 Å². The molecule has 140 valence electrons. The average Bonchev–Trinajstić information content (AvgIpc) is 3.02. The Hall–Kier alpha value is -1.32. The van der Waals surface area contributed by atoms with Crippen LogP contribution in [0.15, 0.2) is 18.2 Å². The summed E-state index contributed by atoms with van der Waals surface area (Å²) in [6, 6.07) is 5.78. The van der Waals surface area contributed by atoms with Gasteiger partial charge in [0.2, 0.25) is 0 Å². The fourth-order valence-electron chi connectivity index (χ4n) is 4.59. The summed E-state index contributed by atoms with van der Waals surface area (Å²) in [6.45, 7) is 9.34. The molecule has 2 bridgehead atoms. The molecule has 5 rings (SSSR count). The molecule has 3 aliphatic rings.